The van der Waals surface area contributed by atoms with Gasteiger partial charge in [-0.2, -0.15) is 0 Å². The predicted molar refractivity (Wildman–Crippen MR) is 144 cm³/mol. The number of hydrogen-bond acceptors (Lipinski definition) is 7. The van der Waals surface area contributed by atoms with Gasteiger partial charge in [0.25, 0.3) is 0 Å². The molecule has 0 spiro atoms. The smallest absolute Gasteiger partial charge is 0.186 e. The van der Waals surface area contributed by atoms with Gasteiger partial charge in [-0.15, -0.1) is 11.3 Å². The van der Waals surface area contributed by atoms with Crippen molar-refractivity contribution in [3.05, 3.63) is 94.9 Å². The van der Waals surface area contributed by atoms with Gasteiger partial charge in [-0.3, -0.25) is 0 Å². The van der Waals surface area contributed by atoms with E-state index >= 15 is 0 Å². The Morgan fingerprint density at radius 1 is 1.11 bits per heavy atom. The molecule has 0 radical (unpaired) electrons. The highest BCUT2D eigenvalue weighted by Gasteiger charge is 2.24. The number of carbonyl (C=O) groups is 1. The summed E-state index contributed by atoms with van der Waals surface area (Å²) in [6.45, 7) is 4.72. The van der Waals surface area contributed by atoms with Crippen LogP contribution in [-0.4, -0.2) is 24.1 Å². The normalized spacial score (nSPS) is 14.1. The van der Waals surface area contributed by atoms with Gasteiger partial charge < -0.3 is 24.3 Å². The molecule has 190 valence electrons. The molecule has 1 atom stereocenters. The number of carbonyl (C=O) groups excluding carboxylic acids is 1. The SMILES string of the molecule is CCCN(Cc1ccc(COc2ccc3c(c2)OCC3CC(=O)[O-])cc1)c1nc(-c2ccccc2)cs1. The van der Waals surface area contributed by atoms with Gasteiger partial charge in [0.15, 0.2) is 5.13 Å². The summed E-state index contributed by atoms with van der Waals surface area (Å²) >= 11 is 1.68. The van der Waals surface area contributed by atoms with Gasteiger partial charge in [0.05, 0.1) is 12.3 Å². The molecule has 0 bridgehead atoms. The van der Waals surface area contributed by atoms with Crippen molar-refractivity contribution in [2.45, 2.75) is 38.8 Å². The molecule has 0 saturated carbocycles. The summed E-state index contributed by atoms with van der Waals surface area (Å²) in [6, 6.07) is 24.3. The van der Waals surface area contributed by atoms with Crippen molar-refractivity contribution in [2.24, 2.45) is 0 Å². The third-order valence-corrected chi connectivity index (χ3v) is 7.31. The lowest BCUT2D eigenvalue weighted by Crippen LogP contribution is -2.24. The number of rotatable bonds is 11. The average molecular weight is 514 g/mol. The molecule has 7 heteroatoms. The molecule has 0 N–H and O–H groups in total. The molecule has 1 unspecified atom stereocenters. The van der Waals surface area contributed by atoms with Crippen molar-refractivity contribution in [1.82, 2.24) is 4.98 Å². The van der Waals surface area contributed by atoms with Crippen molar-refractivity contribution in [3.8, 4) is 22.8 Å². The monoisotopic (exact) mass is 513 g/mol. The van der Waals surface area contributed by atoms with Crippen LogP contribution in [0, 0.1) is 0 Å². The zero-order valence-electron chi connectivity index (χ0n) is 20.8. The van der Waals surface area contributed by atoms with Gasteiger partial charge in [-0.05, 0) is 30.0 Å². The van der Waals surface area contributed by atoms with E-state index < -0.39 is 5.97 Å². The fourth-order valence-electron chi connectivity index (χ4n) is 4.51. The number of nitrogens with zero attached hydrogens (tertiary/aromatic N) is 2. The van der Waals surface area contributed by atoms with Gasteiger partial charge in [0.1, 0.15) is 18.1 Å². The molecule has 2 heterocycles. The molecule has 4 aromatic rings. The minimum Gasteiger partial charge on any atom is -0.550 e. The maximum absolute atomic E-state index is 10.9. The fraction of sp³-hybridized carbons (Fsp3) is 0.267. The molecule has 0 saturated heterocycles. The zero-order chi connectivity index (χ0) is 25.6. The largest absolute Gasteiger partial charge is 0.550 e. The number of carboxylic acids is 1. The van der Waals surface area contributed by atoms with Crippen LogP contribution >= 0.6 is 11.3 Å². The molecule has 1 aliphatic rings. The summed E-state index contributed by atoms with van der Waals surface area (Å²) in [4.78, 5) is 18.2. The topological polar surface area (TPSA) is 74.7 Å². The zero-order valence-corrected chi connectivity index (χ0v) is 21.6. The van der Waals surface area contributed by atoms with E-state index in [-0.39, 0.29) is 12.3 Å². The molecule has 6 nitrogen and oxygen atoms in total. The van der Waals surface area contributed by atoms with E-state index in [0.29, 0.717) is 24.7 Å². The van der Waals surface area contributed by atoms with Crippen LogP contribution in [-0.2, 0) is 17.9 Å². The van der Waals surface area contributed by atoms with Gasteiger partial charge in [-0.1, -0.05) is 67.6 Å². The number of anilines is 1. The minimum atomic E-state index is -1.06. The second-order valence-electron chi connectivity index (χ2n) is 9.19. The number of ether oxygens (including phenoxy) is 2. The van der Waals surface area contributed by atoms with E-state index in [9.17, 15) is 9.90 Å². The van der Waals surface area contributed by atoms with Gasteiger partial charge >= 0.3 is 0 Å². The van der Waals surface area contributed by atoms with E-state index in [2.05, 4.69) is 53.6 Å². The van der Waals surface area contributed by atoms with E-state index in [1.807, 2.05) is 36.4 Å². The predicted octanol–water partition coefficient (Wildman–Crippen LogP) is 5.42. The van der Waals surface area contributed by atoms with Gasteiger partial charge in [0, 0.05) is 47.6 Å². The van der Waals surface area contributed by atoms with Crippen LogP contribution in [0.2, 0.25) is 0 Å². The maximum atomic E-state index is 10.9. The first-order valence-corrected chi connectivity index (χ1v) is 13.4. The number of aliphatic carboxylic acids is 1. The summed E-state index contributed by atoms with van der Waals surface area (Å²) in [6.07, 6.45) is 1.01. The van der Waals surface area contributed by atoms with Crippen LogP contribution in [0.1, 0.15) is 42.4 Å². The second kappa shape index (κ2) is 11.5. The van der Waals surface area contributed by atoms with Crippen molar-refractivity contribution >= 4 is 22.4 Å². The standard InChI is InChI=1S/C30H30N2O4S/c1-2-14-32(30-31-27(20-37-30)23-6-4-3-5-7-23)17-21-8-10-22(11-9-21)18-35-25-12-13-26-24(15-29(33)34)19-36-28(26)16-25/h3-13,16,20,24H,2,14-15,17-19H2,1H3,(H,33,34)/p-1. The highest BCUT2D eigenvalue weighted by molar-refractivity contribution is 7.14. The van der Waals surface area contributed by atoms with E-state index in [1.54, 1.807) is 11.3 Å². The van der Waals surface area contributed by atoms with E-state index in [0.717, 1.165) is 47.0 Å². The average Bonchev–Trinajstić information content (AvgIpc) is 3.56. The number of hydrogen-bond donors (Lipinski definition) is 0. The lowest BCUT2D eigenvalue weighted by molar-refractivity contribution is -0.306. The van der Waals surface area contributed by atoms with Crippen molar-refractivity contribution in [2.75, 3.05) is 18.1 Å². The molecule has 0 fully saturated rings. The Labute approximate surface area is 221 Å². The molecular formula is C30H29N2O4S-. The third-order valence-electron chi connectivity index (χ3n) is 6.41. The first-order chi connectivity index (χ1) is 18.1. The maximum Gasteiger partial charge on any atom is 0.186 e. The Morgan fingerprint density at radius 2 is 1.89 bits per heavy atom. The molecule has 5 rings (SSSR count). The lowest BCUT2D eigenvalue weighted by atomic mass is 9.98. The number of aromatic nitrogens is 1. The van der Waals surface area contributed by atoms with Crippen LogP contribution in [0.25, 0.3) is 11.3 Å². The number of carboxylic acid groups (broad SMARTS) is 1. The fourth-order valence-corrected chi connectivity index (χ4v) is 5.37. The highest BCUT2D eigenvalue weighted by Crippen LogP contribution is 2.38. The van der Waals surface area contributed by atoms with Crippen LogP contribution in [0.5, 0.6) is 11.5 Å². The van der Waals surface area contributed by atoms with Crippen LogP contribution in [0.3, 0.4) is 0 Å². The lowest BCUT2D eigenvalue weighted by Gasteiger charge is -2.21. The van der Waals surface area contributed by atoms with Crippen molar-refractivity contribution < 1.29 is 19.4 Å². The highest BCUT2D eigenvalue weighted by atomic mass is 32.1. The summed E-state index contributed by atoms with van der Waals surface area (Å²) in [7, 11) is 0. The molecule has 1 aromatic heterocycles. The third kappa shape index (κ3) is 6.12. The quantitative estimate of drug-likeness (QED) is 0.267. The number of benzene rings is 3. The number of fused-ring (bicyclic) bond motifs is 1. The molecule has 0 aliphatic carbocycles. The second-order valence-corrected chi connectivity index (χ2v) is 10.0. The van der Waals surface area contributed by atoms with Crippen molar-refractivity contribution in [3.63, 3.8) is 0 Å². The Morgan fingerprint density at radius 3 is 2.65 bits per heavy atom. The Hall–Kier alpha value is -3.84. The van der Waals surface area contributed by atoms with Crippen LogP contribution < -0.4 is 19.5 Å². The van der Waals surface area contributed by atoms with Gasteiger partial charge in [-0.25, -0.2) is 4.98 Å². The molecule has 3 aromatic carbocycles. The molecular weight excluding hydrogens is 484 g/mol. The van der Waals surface area contributed by atoms with Gasteiger partial charge in [0.2, 0.25) is 0 Å². The van der Waals surface area contributed by atoms with E-state index in [4.69, 9.17) is 14.5 Å². The Balaban J connectivity index is 1.19. The van der Waals surface area contributed by atoms with Crippen LogP contribution in [0.4, 0.5) is 5.13 Å². The summed E-state index contributed by atoms with van der Waals surface area (Å²) in [5, 5.41) is 14.1. The Kier molecular flexibility index (Phi) is 7.70. The minimum absolute atomic E-state index is 0.0357. The van der Waals surface area contributed by atoms with E-state index in [1.165, 1.54) is 5.56 Å². The first kappa shape index (κ1) is 24.8. The Bertz CT molecular complexity index is 1340. The number of thiazole rings is 1. The first-order valence-electron chi connectivity index (χ1n) is 12.5. The molecule has 1 aliphatic heterocycles. The molecule has 0 amide bonds. The summed E-state index contributed by atoms with van der Waals surface area (Å²) < 4.78 is 11.6. The van der Waals surface area contributed by atoms with Crippen molar-refractivity contribution in [1.29, 1.82) is 0 Å². The summed E-state index contributed by atoms with van der Waals surface area (Å²) in [5.74, 6) is 0.159. The van der Waals surface area contributed by atoms with Crippen LogP contribution in [0.15, 0.2) is 78.2 Å². The molecule has 37 heavy (non-hydrogen) atoms. The summed E-state index contributed by atoms with van der Waals surface area (Å²) in [5.41, 5.74) is 5.34.